The Balaban J connectivity index is 1.92. The highest BCUT2D eigenvalue weighted by atomic mass is 35.5. The van der Waals surface area contributed by atoms with Crippen molar-refractivity contribution in [1.29, 1.82) is 0 Å². The van der Waals surface area contributed by atoms with Crippen LogP contribution in [0.5, 0.6) is 5.75 Å². The van der Waals surface area contributed by atoms with E-state index in [2.05, 4.69) is 0 Å². The summed E-state index contributed by atoms with van der Waals surface area (Å²) < 4.78 is 5.60. The van der Waals surface area contributed by atoms with E-state index in [0.717, 1.165) is 11.3 Å². The number of hydrogen-bond donors (Lipinski definition) is 2. The standard InChI is InChI=1S/C18H22ClNO3/c1-14-7-8-18(17(19)11-14)23-13-16(22)12-20(9-10-21)15-5-3-2-4-6-15/h2-8,11,16,21-22H,9-10,12-13H2,1H3. The van der Waals surface area contributed by atoms with Crippen LogP contribution < -0.4 is 9.64 Å². The van der Waals surface area contributed by atoms with Crippen molar-refractivity contribution in [3.05, 3.63) is 59.1 Å². The van der Waals surface area contributed by atoms with E-state index in [0.29, 0.717) is 23.9 Å². The summed E-state index contributed by atoms with van der Waals surface area (Å²) in [6.45, 7) is 2.93. The molecule has 4 nitrogen and oxygen atoms in total. The van der Waals surface area contributed by atoms with E-state index in [9.17, 15) is 10.2 Å². The van der Waals surface area contributed by atoms with Gasteiger partial charge in [-0.25, -0.2) is 0 Å². The van der Waals surface area contributed by atoms with Gasteiger partial charge in [-0.1, -0.05) is 35.9 Å². The first-order valence-corrected chi connectivity index (χ1v) is 7.96. The molecule has 0 spiro atoms. The van der Waals surface area contributed by atoms with Crippen molar-refractivity contribution in [3.63, 3.8) is 0 Å². The van der Waals surface area contributed by atoms with E-state index in [1.54, 1.807) is 6.07 Å². The van der Waals surface area contributed by atoms with Crippen LogP contribution in [-0.2, 0) is 0 Å². The molecule has 0 radical (unpaired) electrons. The third-order valence-corrected chi connectivity index (χ3v) is 3.74. The number of para-hydroxylation sites is 1. The van der Waals surface area contributed by atoms with Gasteiger partial charge in [0.15, 0.2) is 0 Å². The average Bonchev–Trinajstić information content (AvgIpc) is 2.54. The second-order valence-corrected chi connectivity index (χ2v) is 5.81. The van der Waals surface area contributed by atoms with Gasteiger partial charge in [-0.15, -0.1) is 0 Å². The fourth-order valence-electron chi connectivity index (χ4n) is 2.30. The molecular formula is C18H22ClNO3. The second-order valence-electron chi connectivity index (χ2n) is 5.40. The van der Waals surface area contributed by atoms with Crippen molar-refractivity contribution < 1.29 is 14.9 Å². The van der Waals surface area contributed by atoms with E-state index in [1.807, 2.05) is 54.3 Å². The minimum Gasteiger partial charge on any atom is -0.489 e. The molecule has 0 bridgehead atoms. The van der Waals surface area contributed by atoms with Gasteiger partial charge in [0.25, 0.3) is 0 Å². The van der Waals surface area contributed by atoms with Gasteiger partial charge in [-0.3, -0.25) is 0 Å². The highest BCUT2D eigenvalue weighted by Crippen LogP contribution is 2.25. The van der Waals surface area contributed by atoms with Gasteiger partial charge in [0.2, 0.25) is 0 Å². The van der Waals surface area contributed by atoms with Crippen molar-refractivity contribution >= 4 is 17.3 Å². The largest absolute Gasteiger partial charge is 0.489 e. The molecular weight excluding hydrogens is 314 g/mol. The molecule has 23 heavy (non-hydrogen) atoms. The average molecular weight is 336 g/mol. The van der Waals surface area contributed by atoms with Gasteiger partial charge in [0.1, 0.15) is 18.5 Å². The van der Waals surface area contributed by atoms with Crippen molar-refractivity contribution in [2.24, 2.45) is 0 Å². The summed E-state index contributed by atoms with van der Waals surface area (Å²) in [6, 6.07) is 15.2. The van der Waals surface area contributed by atoms with Crippen molar-refractivity contribution in [2.75, 3.05) is 31.2 Å². The lowest BCUT2D eigenvalue weighted by Gasteiger charge is -2.26. The summed E-state index contributed by atoms with van der Waals surface area (Å²) in [6.07, 6.45) is -0.695. The minimum absolute atomic E-state index is 0.0201. The SMILES string of the molecule is Cc1ccc(OCC(O)CN(CCO)c2ccccc2)c(Cl)c1. The Morgan fingerprint density at radius 1 is 1.17 bits per heavy atom. The minimum atomic E-state index is -0.695. The molecule has 2 rings (SSSR count). The monoisotopic (exact) mass is 335 g/mol. The Morgan fingerprint density at radius 2 is 1.91 bits per heavy atom. The number of benzene rings is 2. The van der Waals surface area contributed by atoms with E-state index < -0.39 is 6.10 Å². The normalized spacial score (nSPS) is 12.0. The Hall–Kier alpha value is -1.75. The van der Waals surface area contributed by atoms with Crippen LogP contribution in [0.25, 0.3) is 0 Å². The van der Waals surface area contributed by atoms with Crippen LogP contribution in [0.3, 0.4) is 0 Å². The molecule has 0 saturated carbocycles. The number of hydrogen-bond acceptors (Lipinski definition) is 4. The molecule has 1 atom stereocenters. The summed E-state index contributed by atoms with van der Waals surface area (Å²) in [5, 5.41) is 20.0. The maximum atomic E-state index is 10.2. The van der Waals surface area contributed by atoms with Gasteiger partial charge in [0, 0.05) is 18.8 Å². The summed E-state index contributed by atoms with van der Waals surface area (Å²) in [4.78, 5) is 1.92. The lowest BCUT2D eigenvalue weighted by molar-refractivity contribution is 0.111. The highest BCUT2D eigenvalue weighted by molar-refractivity contribution is 6.32. The number of aryl methyl sites for hydroxylation is 1. The molecule has 0 aromatic heterocycles. The Bertz CT molecular complexity index is 606. The fraction of sp³-hybridized carbons (Fsp3) is 0.333. The lowest BCUT2D eigenvalue weighted by Crippen LogP contribution is -2.37. The molecule has 2 N–H and O–H groups in total. The van der Waals surface area contributed by atoms with E-state index >= 15 is 0 Å². The smallest absolute Gasteiger partial charge is 0.138 e. The van der Waals surface area contributed by atoms with Gasteiger partial charge in [0.05, 0.1) is 11.6 Å². The summed E-state index contributed by atoms with van der Waals surface area (Å²) in [7, 11) is 0. The zero-order chi connectivity index (χ0) is 16.7. The Labute approximate surface area is 141 Å². The van der Waals surface area contributed by atoms with Crippen molar-refractivity contribution in [2.45, 2.75) is 13.0 Å². The molecule has 2 aromatic carbocycles. The van der Waals surface area contributed by atoms with Crippen LogP contribution in [0.15, 0.2) is 48.5 Å². The predicted octanol–water partition coefficient (Wildman–Crippen LogP) is 2.89. The van der Waals surface area contributed by atoms with E-state index in [-0.39, 0.29) is 13.2 Å². The van der Waals surface area contributed by atoms with Gasteiger partial charge >= 0.3 is 0 Å². The van der Waals surface area contributed by atoms with Crippen LogP contribution in [-0.4, -0.2) is 42.6 Å². The molecule has 0 amide bonds. The lowest BCUT2D eigenvalue weighted by atomic mass is 10.2. The number of anilines is 1. The highest BCUT2D eigenvalue weighted by Gasteiger charge is 2.13. The molecule has 0 heterocycles. The maximum Gasteiger partial charge on any atom is 0.138 e. The number of ether oxygens (including phenoxy) is 1. The van der Waals surface area contributed by atoms with Crippen LogP contribution in [0.4, 0.5) is 5.69 Å². The Kier molecular flexibility index (Phi) is 6.71. The first-order valence-electron chi connectivity index (χ1n) is 7.58. The summed E-state index contributed by atoms with van der Waals surface area (Å²) in [5.74, 6) is 0.560. The van der Waals surface area contributed by atoms with Crippen LogP contribution in [0.1, 0.15) is 5.56 Å². The summed E-state index contributed by atoms with van der Waals surface area (Å²) >= 11 is 6.11. The molecule has 0 aliphatic heterocycles. The van der Waals surface area contributed by atoms with Crippen LogP contribution in [0, 0.1) is 6.92 Å². The quantitative estimate of drug-likeness (QED) is 0.779. The van der Waals surface area contributed by atoms with Gasteiger partial charge in [-0.05, 0) is 36.8 Å². The van der Waals surface area contributed by atoms with E-state index in [4.69, 9.17) is 16.3 Å². The topological polar surface area (TPSA) is 52.9 Å². The molecule has 124 valence electrons. The molecule has 5 heteroatoms. The molecule has 1 unspecified atom stereocenters. The zero-order valence-corrected chi connectivity index (χ0v) is 13.9. The number of aliphatic hydroxyl groups excluding tert-OH is 2. The molecule has 0 aliphatic carbocycles. The third kappa shape index (κ3) is 5.43. The number of halogens is 1. The molecule has 0 aliphatic rings. The third-order valence-electron chi connectivity index (χ3n) is 3.44. The zero-order valence-electron chi connectivity index (χ0n) is 13.2. The van der Waals surface area contributed by atoms with Gasteiger partial charge in [-0.2, -0.15) is 0 Å². The van der Waals surface area contributed by atoms with Crippen LogP contribution >= 0.6 is 11.6 Å². The maximum absolute atomic E-state index is 10.2. The first-order chi connectivity index (χ1) is 11.1. The summed E-state index contributed by atoms with van der Waals surface area (Å²) in [5.41, 5.74) is 2.01. The van der Waals surface area contributed by atoms with Crippen molar-refractivity contribution in [1.82, 2.24) is 0 Å². The number of rotatable bonds is 8. The van der Waals surface area contributed by atoms with Crippen LogP contribution in [0.2, 0.25) is 5.02 Å². The van der Waals surface area contributed by atoms with E-state index in [1.165, 1.54) is 0 Å². The van der Waals surface area contributed by atoms with Gasteiger partial charge < -0.3 is 19.8 Å². The molecule has 0 saturated heterocycles. The first kappa shape index (κ1) is 17.6. The second kappa shape index (κ2) is 8.77. The Morgan fingerprint density at radius 3 is 2.57 bits per heavy atom. The fourth-order valence-corrected chi connectivity index (χ4v) is 2.59. The van der Waals surface area contributed by atoms with Crippen molar-refractivity contribution in [3.8, 4) is 5.75 Å². The predicted molar refractivity (Wildman–Crippen MR) is 93.4 cm³/mol. The number of nitrogens with zero attached hydrogens (tertiary/aromatic N) is 1. The molecule has 0 fully saturated rings. The molecule has 2 aromatic rings. The number of aliphatic hydroxyl groups is 2.